The van der Waals surface area contributed by atoms with Crippen molar-refractivity contribution in [2.45, 2.75) is 18.9 Å². The molecular weight excluding hydrogens is 152 g/mol. The van der Waals surface area contributed by atoms with Crippen LogP contribution in [0.2, 0.25) is 0 Å². The summed E-state index contributed by atoms with van der Waals surface area (Å²) >= 11 is 0. The fourth-order valence-corrected chi connectivity index (χ4v) is 1.37. The van der Waals surface area contributed by atoms with Gasteiger partial charge in [-0.2, -0.15) is 0 Å². The minimum atomic E-state index is 0.0509. The molecule has 0 radical (unpaired) electrons. The smallest absolute Gasteiger partial charge is 0.239 e. The van der Waals surface area contributed by atoms with Gasteiger partial charge in [-0.1, -0.05) is 6.08 Å². The predicted molar refractivity (Wildman–Crippen MR) is 48.9 cm³/mol. The van der Waals surface area contributed by atoms with Gasteiger partial charge < -0.3 is 10.2 Å². The third-order valence-electron chi connectivity index (χ3n) is 2.17. The summed E-state index contributed by atoms with van der Waals surface area (Å²) in [5.74, 6) is 0.221. The van der Waals surface area contributed by atoms with Crippen LogP contribution in [0, 0.1) is 0 Å². The average molecular weight is 168 g/mol. The number of carbonyl (C=O) groups is 1. The van der Waals surface area contributed by atoms with Crippen LogP contribution >= 0.6 is 0 Å². The molecule has 0 saturated carbocycles. The molecule has 1 atom stereocenters. The van der Waals surface area contributed by atoms with Crippen LogP contribution in [0.15, 0.2) is 12.7 Å². The van der Waals surface area contributed by atoms with Crippen LogP contribution in [0.5, 0.6) is 0 Å². The maximum atomic E-state index is 11.3. The van der Waals surface area contributed by atoms with Gasteiger partial charge in [0.15, 0.2) is 0 Å². The van der Waals surface area contributed by atoms with E-state index in [0.717, 1.165) is 25.9 Å². The van der Waals surface area contributed by atoms with E-state index in [-0.39, 0.29) is 11.9 Å². The van der Waals surface area contributed by atoms with Gasteiger partial charge in [-0.15, -0.1) is 6.58 Å². The second kappa shape index (κ2) is 4.26. The molecule has 1 unspecified atom stereocenters. The SMILES string of the molecule is C=CCCNC1CCN(C)C1=O. The standard InChI is InChI=1S/C9H16N2O/c1-3-4-6-10-8-5-7-11(2)9(8)12/h3,8,10H,1,4-7H2,2H3. The van der Waals surface area contributed by atoms with Crippen molar-refractivity contribution in [1.29, 1.82) is 0 Å². The first-order valence-corrected chi connectivity index (χ1v) is 4.35. The fraction of sp³-hybridized carbons (Fsp3) is 0.667. The Bertz CT molecular complexity index is 179. The molecule has 0 aromatic heterocycles. The van der Waals surface area contributed by atoms with Crippen LogP contribution < -0.4 is 5.32 Å². The molecular formula is C9H16N2O. The van der Waals surface area contributed by atoms with Gasteiger partial charge in [0.05, 0.1) is 6.04 Å². The number of hydrogen-bond acceptors (Lipinski definition) is 2. The van der Waals surface area contributed by atoms with Crippen molar-refractivity contribution in [3.8, 4) is 0 Å². The fourth-order valence-electron chi connectivity index (χ4n) is 1.37. The molecule has 0 aromatic carbocycles. The first kappa shape index (κ1) is 9.26. The lowest BCUT2D eigenvalue weighted by atomic mass is 10.2. The van der Waals surface area contributed by atoms with Gasteiger partial charge >= 0.3 is 0 Å². The van der Waals surface area contributed by atoms with Gasteiger partial charge in [-0.3, -0.25) is 4.79 Å². The second-order valence-electron chi connectivity index (χ2n) is 3.13. The highest BCUT2D eigenvalue weighted by atomic mass is 16.2. The van der Waals surface area contributed by atoms with Crippen LogP contribution in [0.3, 0.4) is 0 Å². The average Bonchev–Trinajstić information content (AvgIpc) is 2.36. The van der Waals surface area contributed by atoms with Gasteiger partial charge in [-0.25, -0.2) is 0 Å². The molecule has 0 aromatic rings. The summed E-state index contributed by atoms with van der Waals surface area (Å²) in [7, 11) is 1.84. The Kier molecular flexibility index (Phi) is 3.29. The van der Waals surface area contributed by atoms with Crippen molar-refractivity contribution in [3.05, 3.63) is 12.7 Å². The van der Waals surface area contributed by atoms with Crippen LogP contribution in [-0.2, 0) is 4.79 Å². The van der Waals surface area contributed by atoms with Crippen LogP contribution in [0.4, 0.5) is 0 Å². The Balaban J connectivity index is 2.24. The number of likely N-dealkylation sites (N-methyl/N-ethyl adjacent to an activating group) is 1. The predicted octanol–water partition coefficient (Wildman–Crippen LogP) is 0.383. The first-order valence-electron chi connectivity index (χ1n) is 4.35. The summed E-state index contributed by atoms with van der Waals surface area (Å²) in [6.45, 7) is 5.36. The number of carbonyl (C=O) groups excluding carboxylic acids is 1. The zero-order valence-corrected chi connectivity index (χ0v) is 7.55. The van der Waals surface area contributed by atoms with Gasteiger partial charge in [0, 0.05) is 13.6 Å². The molecule has 0 aliphatic carbocycles. The van der Waals surface area contributed by atoms with E-state index in [2.05, 4.69) is 11.9 Å². The Morgan fingerprint density at radius 2 is 2.58 bits per heavy atom. The van der Waals surface area contributed by atoms with E-state index in [1.54, 1.807) is 4.90 Å². The molecule has 0 bridgehead atoms. The molecule has 1 amide bonds. The summed E-state index contributed by atoms with van der Waals surface area (Å²) < 4.78 is 0. The third kappa shape index (κ3) is 2.08. The molecule has 0 spiro atoms. The van der Waals surface area contributed by atoms with Crippen molar-refractivity contribution in [2.24, 2.45) is 0 Å². The highest BCUT2D eigenvalue weighted by Crippen LogP contribution is 2.07. The van der Waals surface area contributed by atoms with E-state index >= 15 is 0 Å². The van der Waals surface area contributed by atoms with E-state index in [0.29, 0.717) is 0 Å². The van der Waals surface area contributed by atoms with Crippen molar-refractivity contribution in [1.82, 2.24) is 10.2 Å². The minimum Gasteiger partial charge on any atom is -0.344 e. The zero-order chi connectivity index (χ0) is 8.97. The molecule has 68 valence electrons. The second-order valence-corrected chi connectivity index (χ2v) is 3.13. The Labute approximate surface area is 73.4 Å². The van der Waals surface area contributed by atoms with Gasteiger partial charge in [0.25, 0.3) is 0 Å². The van der Waals surface area contributed by atoms with Gasteiger partial charge in [0.1, 0.15) is 0 Å². The number of likely N-dealkylation sites (tertiary alicyclic amines) is 1. The van der Waals surface area contributed by atoms with E-state index in [1.165, 1.54) is 0 Å². The van der Waals surface area contributed by atoms with Gasteiger partial charge in [0.2, 0.25) is 5.91 Å². The molecule has 1 aliphatic rings. The zero-order valence-electron chi connectivity index (χ0n) is 7.55. The van der Waals surface area contributed by atoms with Crippen molar-refractivity contribution in [2.75, 3.05) is 20.1 Å². The van der Waals surface area contributed by atoms with Crippen molar-refractivity contribution < 1.29 is 4.79 Å². The number of rotatable bonds is 4. The third-order valence-corrected chi connectivity index (χ3v) is 2.17. The Hall–Kier alpha value is -0.830. The Morgan fingerprint density at radius 1 is 1.83 bits per heavy atom. The molecule has 1 heterocycles. The molecule has 1 fully saturated rings. The highest BCUT2D eigenvalue weighted by Gasteiger charge is 2.27. The van der Waals surface area contributed by atoms with Crippen molar-refractivity contribution in [3.63, 3.8) is 0 Å². The molecule has 1 aliphatic heterocycles. The summed E-state index contributed by atoms with van der Waals surface area (Å²) in [6.07, 6.45) is 3.72. The molecule has 1 rings (SSSR count). The highest BCUT2D eigenvalue weighted by molar-refractivity contribution is 5.83. The number of nitrogens with one attached hydrogen (secondary N) is 1. The summed E-state index contributed by atoms with van der Waals surface area (Å²) in [5.41, 5.74) is 0. The topological polar surface area (TPSA) is 32.3 Å². The lowest BCUT2D eigenvalue weighted by Crippen LogP contribution is -2.37. The van der Waals surface area contributed by atoms with Crippen LogP contribution in [0.25, 0.3) is 0 Å². The molecule has 1 N–H and O–H groups in total. The summed E-state index contributed by atoms with van der Waals surface area (Å²) in [6, 6.07) is 0.0509. The van der Waals surface area contributed by atoms with Gasteiger partial charge in [-0.05, 0) is 19.4 Å². The molecule has 3 heteroatoms. The first-order chi connectivity index (χ1) is 5.75. The van der Waals surface area contributed by atoms with Crippen molar-refractivity contribution >= 4 is 5.91 Å². The molecule has 1 saturated heterocycles. The monoisotopic (exact) mass is 168 g/mol. The maximum Gasteiger partial charge on any atom is 0.239 e. The van der Waals surface area contributed by atoms with E-state index in [9.17, 15) is 4.79 Å². The molecule has 12 heavy (non-hydrogen) atoms. The van der Waals surface area contributed by atoms with E-state index < -0.39 is 0 Å². The lowest BCUT2D eigenvalue weighted by Gasteiger charge is -2.10. The van der Waals surface area contributed by atoms with E-state index in [4.69, 9.17) is 0 Å². The number of amides is 1. The van der Waals surface area contributed by atoms with Crippen LogP contribution in [-0.4, -0.2) is 37.0 Å². The minimum absolute atomic E-state index is 0.0509. The molecule has 3 nitrogen and oxygen atoms in total. The Morgan fingerprint density at radius 3 is 3.08 bits per heavy atom. The van der Waals surface area contributed by atoms with E-state index in [1.807, 2.05) is 13.1 Å². The number of nitrogens with zero attached hydrogens (tertiary/aromatic N) is 1. The summed E-state index contributed by atoms with van der Waals surface area (Å²) in [4.78, 5) is 13.1. The number of hydrogen-bond donors (Lipinski definition) is 1. The lowest BCUT2D eigenvalue weighted by molar-refractivity contribution is -0.128. The largest absolute Gasteiger partial charge is 0.344 e. The maximum absolute atomic E-state index is 11.3. The van der Waals surface area contributed by atoms with Crippen LogP contribution in [0.1, 0.15) is 12.8 Å². The normalized spacial score (nSPS) is 23.2. The quantitative estimate of drug-likeness (QED) is 0.486. The summed E-state index contributed by atoms with van der Waals surface area (Å²) in [5, 5.41) is 3.20.